The Balaban J connectivity index is 2.36. The molecule has 0 spiro atoms. The predicted molar refractivity (Wildman–Crippen MR) is 75.3 cm³/mol. The first-order chi connectivity index (χ1) is 9.45. The van der Waals surface area contributed by atoms with Crippen molar-refractivity contribution in [2.24, 2.45) is 0 Å². The van der Waals surface area contributed by atoms with Gasteiger partial charge < -0.3 is 10.1 Å². The van der Waals surface area contributed by atoms with Crippen molar-refractivity contribution in [1.82, 2.24) is 4.31 Å². The molecule has 2 rings (SSSR count). The Morgan fingerprint density at radius 1 is 1.30 bits per heavy atom. The number of methoxy groups -OCH3 is 1. The summed E-state index contributed by atoms with van der Waals surface area (Å²) in [5.41, 5.74) is 0.459. The van der Waals surface area contributed by atoms with Crippen molar-refractivity contribution < 1.29 is 17.9 Å². The average Bonchev–Trinajstić information content (AvgIpc) is 2.92. The molecule has 1 aromatic rings. The lowest BCUT2D eigenvalue weighted by atomic mass is 10.3. The summed E-state index contributed by atoms with van der Waals surface area (Å²) in [5.74, 6) is 0.0962. The third-order valence-corrected chi connectivity index (χ3v) is 5.08. The number of nitrogens with zero attached hydrogens (tertiary/aromatic N) is 1. The van der Waals surface area contributed by atoms with E-state index in [9.17, 15) is 13.2 Å². The molecule has 1 aliphatic heterocycles. The first-order valence-electron chi connectivity index (χ1n) is 6.41. The van der Waals surface area contributed by atoms with Crippen LogP contribution in [-0.4, -0.2) is 38.8 Å². The predicted octanol–water partition coefficient (Wildman–Crippen LogP) is 1.44. The van der Waals surface area contributed by atoms with Crippen LogP contribution in [0, 0.1) is 0 Å². The van der Waals surface area contributed by atoms with Crippen LogP contribution in [0.25, 0.3) is 0 Å². The van der Waals surface area contributed by atoms with Gasteiger partial charge in [0.2, 0.25) is 15.9 Å². The molecular formula is C13H18N2O4S. The molecule has 7 heteroatoms. The highest BCUT2D eigenvalue weighted by molar-refractivity contribution is 7.89. The SMILES string of the molecule is COc1cc(S(=O)(=O)N2CCCC2)ccc1NC(C)=O. The molecule has 20 heavy (non-hydrogen) atoms. The number of carbonyl (C=O) groups is 1. The molecule has 0 unspecified atom stereocenters. The van der Waals surface area contributed by atoms with Gasteiger partial charge in [0.05, 0.1) is 17.7 Å². The fourth-order valence-electron chi connectivity index (χ4n) is 2.20. The van der Waals surface area contributed by atoms with Crippen molar-refractivity contribution in [3.05, 3.63) is 18.2 Å². The number of rotatable bonds is 4. The zero-order valence-corrected chi connectivity index (χ0v) is 12.4. The molecule has 0 saturated carbocycles. The van der Waals surface area contributed by atoms with E-state index in [0.29, 0.717) is 24.5 Å². The first-order valence-corrected chi connectivity index (χ1v) is 7.85. The molecule has 110 valence electrons. The lowest BCUT2D eigenvalue weighted by Crippen LogP contribution is -2.27. The maximum absolute atomic E-state index is 12.4. The van der Waals surface area contributed by atoms with Gasteiger partial charge in [0, 0.05) is 26.1 Å². The summed E-state index contributed by atoms with van der Waals surface area (Å²) in [4.78, 5) is 11.3. The summed E-state index contributed by atoms with van der Waals surface area (Å²) in [6, 6.07) is 4.48. The van der Waals surface area contributed by atoms with Gasteiger partial charge in [-0.05, 0) is 25.0 Å². The fraction of sp³-hybridized carbons (Fsp3) is 0.462. The van der Waals surface area contributed by atoms with Gasteiger partial charge >= 0.3 is 0 Å². The maximum atomic E-state index is 12.4. The number of ether oxygens (including phenoxy) is 1. The van der Waals surface area contributed by atoms with Crippen LogP contribution in [0.4, 0.5) is 5.69 Å². The van der Waals surface area contributed by atoms with Crippen molar-refractivity contribution >= 4 is 21.6 Å². The molecule has 1 saturated heterocycles. The molecule has 1 aromatic carbocycles. The van der Waals surface area contributed by atoms with Crippen molar-refractivity contribution in [3.63, 3.8) is 0 Å². The van der Waals surface area contributed by atoms with Crippen LogP contribution in [0.3, 0.4) is 0 Å². The second-order valence-electron chi connectivity index (χ2n) is 4.65. The Labute approximate surface area is 118 Å². The second-order valence-corrected chi connectivity index (χ2v) is 6.59. The summed E-state index contributed by atoms with van der Waals surface area (Å²) in [7, 11) is -2.04. The number of amides is 1. The van der Waals surface area contributed by atoms with Crippen molar-refractivity contribution in [3.8, 4) is 5.75 Å². The molecule has 0 aliphatic carbocycles. The van der Waals surface area contributed by atoms with Crippen LogP contribution in [-0.2, 0) is 14.8 Å². The number of anilines is 1. The zero-order valence-electron chi connectivity index (χ0n) is 11.5. The topological polar surface area (TPSA) is 75.7 Å². The highest BCUT2D eigenvalue weighted by Gasteiger charge is 2.27. The third kappa shape index (κ3) is 2.94. The van der Waals surface area contributed by atoms with Gasteiger partial charge in [0.25, 0.3) is 0 Å². The normalized spacial score (nSPS) is 16.1. The zero-order chi connectivity index (χ0) is 14.8. The molecule has 1 fully saturated rings. The van der Waals surface area contributed by atoms with E-state index < -0.39 is 10.0 Å². The molecule has 0 aromatic heterocycles. The lowest BCUT2D eigenvalue weighted by molar-refractivity contribution is -0.114. The first kappa shape index (κ1) is 14.8. The van der Waals surface area contributed by atoms with Crippen LogP contribution in [0.5, 0.6) is 5.75 Å². The quantitative estimate of drug-likeness (QED) is 0.912. The minimum Gasteiger partial charge on any atom is -0.495 e. The number of benzene rings is 1. The lowest BCUT2D eigenvalue weighted by Gasteiger charge is -2.17. The van der Waals surface area contributed by atoms with Gasteiger partial charge in [-0.15, -0.1) is 0 Å². The number of sulfonamides is 1. The number of hydrogen-bond acceptors (Lipinski definition) is 4. The van der Waals surface area contributed by atoms with E-state index in [-0.39, 0.29) is 10.8 Å². The Hall–Kier alpha value is -1.60. The fourth-order valence-corrected chi connectivity index (χ4v) is 3.74. The molecule has 1 aliphatic rings. The number of nitrogens with one attached hydrogen (secondary N) is 1. The van der Waals surface area contributed by atoms with Crippen LogP contribution >= 0.6 is 0 Å². The van der Waals surface area contributed by atoms with Gasteiger partial charge in [0.1, 0.15) is 5.75 Å². The van der Waals surface area contributed by atoms with E-state index in [1.54, 1.807) is 6.07 Å². The minimum absolute atomic E-state index is 0.186. The standard InChI is InChI=1S/C13H18N2O4S/c1-10(16)14-12-6-5-11(9-13(12)19-2)20(17,18)15-7-3-4-8-15/h5-6,9H,3-4,7-8H2,1-2H3,(H,14,16). The monoisotopic (exact) mass is 298 g/mol. The molecule has 1 heterocycles. The molecule has 1 amide bonds. The largest absolute Gasteiger partial charge is 0.495 e. The van der Waals surface area contributed by atoms with Gasteiger partial charge in [0.15, 0.2) is 0 Å². The Kier molecular flexibility index (Phi) is 4.29. The summed E-state index contributed by atoms with van der Waals surface area (Å²) in [6.07, 6.45) is 1.78. The van der Waals surface area contributed by atoms with E-state index in [4.69, 9.17) is 4.74 Å². The summed E-state index contributed by atoms with van der Waals surface area (Å²) in [5, 5.41) is 2.60. The molecule has 6 nitrogen and oxygen atoms in total. The molecular weight excluding hydrogens is 280 g/mol. The Bertz CT molecular complexity index is 607. The molecule has 0 bridgehead atoms. The highest BCUT2D eigenvalue weighted by atomic mass is 32.2. The van der Waals surface area contributed by atoms with Crippen LogP contribution in [0.1, 0.15) is 19.8 Å². The smallest absolute Gasteiger partial charge is 0.243 e. The van der Waals surface area contributed by atoms with E-state index in [1.807, 2.05) is 0 Å². The second kappa shape index (κ2) is 5.80. The van der Waals surface area contributed by atoms with E-state index >= 15 is 0 Å². The number of hydrogen-bond donors (Lipinski definition) is 1. The van der Waals surface area contributed by atoms with Gasteiger partial charge in [-0.2, -0.15) is 4.31 Å². The van der Waals surface area contributed by atoms with Crippen molar-refractivity contribution in [1.29, 1.82) is 0 Å². The molecule has 0 atom stereocenters. The van der Waals surface area contributed by atoms with E-state index in [2.05, 4.69) is 5.32 Å². The van der Waals surface area contributed by atoms with Crippen LogP contribution in [0.15, 0.2) is 23.1 Å². The van der Waals surface area contributed by atoms with Gasteiger partial charge in [-0.3, -0.25) is 4.79 Å². The third-order valence-electron chi connectivity index (χ3n) is 3.19. The Morgan fingerprint density at radius 3 is 2.50 bits per heavy atom. The van der Waals surface area contributed by atoms with Crippen molar-refractivity contribution in [2.45, 2.75) is 24.7 Å². The molecule has 1 N–H and O–H groups in total. The van der Waals surface area contributed by atoms with Crippen molar-refractivity contribution in [2.75, 3.05) is 25.5 Å². The number of carbonyl (C=O) groups excluding carboxylic acids is 1. The minimum atomic E-state index is -3.48. The average molecular weight is 298 g/mol. The highest BCUT2D eigenvalue weighted by Crippen LogP contribution is 2.30. The van der Waals surface area contributed by atoms with Gasteiger partial charge in [-0.1, -0.05) is 0 Å². The summed E-state index contributed by atoms with van der Waals surface area (Å²) in [6.45, 7) is 2.49. The van der Waals surface area contributed by atoms with Gasteiger partial charge in [-0.25, -0.2) is 8.42 Å². The summed E-state index contributed by atoms with van der Waals surface area (Å²) < 4.78 is 31.5. The maximum Gasteiger partial charge on any atom is 0.243 e. The molecule has 0 radical (unpaired) electrons. The Morgan fingerprint density at radius 2 is 1.95 bits per heavy atom. The summed E-state index contributed by atoms with van der Waals surface area (Å²) >= 11 is 0. The van der Waals surface area contributed by atoms with Crippen LogP contribution in [0.2, 0.25) is 0 Å². The van der Waals surface area contributed by atoms with Crippen LogP contribution < -0.4 is 10.1 Å². The van der Waals surface area contributed by atoms with E-state index in [0.717, 1.165) is 12.8 Å². The van der Waals surface area contributed by atoms with E-state index in [1.165, 1.54) is 30.5 Å².